The van der Waals surface area contributed by atoms with Crippen molar-refractivity contribution >= 4 is 70.2 Å². The van der Waals surface area contributed by atoms with Crippen molar-refractivity contribution in [1.82, 2.24) is 25.3 Å². The van der Waals surface area contributed by atoms with Crippen molar-refractivity contribution in [3.8, 4) is 57.3 Å². The number of carbonyl (C=O) groups excluding carboxylic acids is 4. The van der Waals surface area contributed by atoms with E-state index in [1.807, 2.05) is 110 Å². The third-order valence-corrected chi connectivity index (χ3v) is 22.5. The van der Waals surface area contributed by atoms with Gasteiger partial charge in [0.1, 0.15) is 11.3 Å². The summed E-state index contributed by atoms with van der Waals surface area (Å²) in [5.41, 5.74) is 27.1. The summed E-state index contributed by atoms with van der Waals surface area (Å²) in [6.07, 6.45) is 0.416. The highest BCUT2D eigenvalue weighted by Gasteiger charge is 2.59. The number of β-amino-alcohol motifs (C(OH)–C–C–N with tert-alkyl or cyclic N) is 1. The lowest BCUT2D eigenvalue weighted by Crippen LogP contribution is -2.62. The number of hydrogen-bond donors (Lipinski definition) is 6. The number of para-hydroxylation sites is 1. The normalized spacial score (nSPS) is 23.9. The van der Waals surface area contributed by atoms with E-state index in [4.69, 9.17) is 32.7 Å². The Morgan fingerprint density at radius 2 is 1.30 bits per heavy atom. The summed E-state index contributed by atoms with van der Waals surface area (Å²) >= 11 is 1.49. The maximum atomic E-state index is 13.7. The van der Waals surface area contributed by atoms with E-state index < -0.39 is 40.5 Å². The van der Waals surface area contributed by atoms with Gasteiger partial charge in [0.2, 0.25) is 23.6 Å². The van der Waals surface area contributed by atoms with E-state index in [9.17, 15) is 42.7 Å². The Hall–Kier alpha value is -12.4. The topological polar surface area (TPSA) is 337 Å². The smallest absolute Gasteiger partial charge is 0.406 e. The van der Waals surface area contributed by atoms with E-state index in [1.54, 1.807) is 70.7 Å². The number of halogens is 3. The number of hydrogen-bond acceptors (Lipinski definition) is 19. The second-order valence-corrected chi connectivity index (χ2v) is 29.6. The van der Waals surface area contributed by atoms with Crippen molar-refractivity contribution in [2.75, 3.05) is 64.2 Å². The molecule has 23 nitrogen and oxygen atoms in total. The Morgan fingerprint density at radius 1 is 0.664 bits per heavy atom. The molecule has 7 aliphatic rings. The van der Waals surface area contributed by atoms with E-state index in [-0.39, 0.29) is 59.6 Å². The van der Waals surface area contributed by atoms with Crippen LogP contribution in [0, 0.1) is 45.8 Å². The van der Waals surface area contributed by atoms with Gasteiger partial charge in [0.15, 0.2) is 23.8 Å². The van der Waals surface area contributed by atoms with E-state index >= 15 is 0 Å². The highest BCUT2D eigenvalue weighted by atomic mass is 32.1. The summed E-state index contributed by atoms with van der Waals surface area (Å²) in [6.45, 7) is 6.43. The Balaban J connectivity index is 0.000000138. The molecule has 6 aliphatic heterocycles. The fourth-order valence-corrected chi connectivity index (χ4v) is 16.4. The number of carbonyl (C=O) groups is 4. The van der Waals surface area contributed by atoms with Gasteiger partial charge in [-0.05, 0) is 186 Å². The van der Waals surface area contributed by atoms with Gasteiger partial charge in [0, 0.05) is 70.6 Å². The summed E-state index contributed by atoms with van der Waals surface area (Å²) < 4.78 is 41.2. The van der Waals surface area contributed by atoms with Crippen LogP contribution in [-0.4, -0.2) is 134 Å². The minimum absolute atomic E-state index is 0.00548. The Bertz CT molecular complexity index is 5120. The van der Waals surface area contributed by atoms with Crippen molar-refractivity contribution in [3.05, 3.63) is 220 Å². The van der Waals surface area contributed by atoms with Crippen LogP contribution in [0.2, 0.25) is 0 Å². The molecule has 7 aromatic carbocycles. The van der Waals surface area contributed by atoms with Crippen molar-refractivity contribution in [3.63, 3.8) is 0 Å². The Morgan fingerprint density at radius 3 is 1.96 bits per heavy atom. The number of thiophene rings is 1. The molecule has 1 aromatic heterocycles. The van der Waals surface area contributed by atoms with Crippen LogP contribution in [0.25, 0.3) is 33.4 Å². The quantitative estimate of drug-likeness (QED) is 0.0741. The van der Waals surface area contributed by atoms with Gasteiger partial charge < -0.3 is 42.2 Å². The molecule has 3 fully saturated rings. The third-order valence-electron chi connectivity index (χ3n) is 21.3. The monoisotopic (exact) mass is 1500 g/mol. The fraction of sp³-hybridized carbons (Fsp3) is 0.313. The molecule has 0 saturated carbocycles. The van der Waals surface area contributed by atoms with E-state index in [0.717, 1.165) is 88.4 Å². The first kappa shape index (κ1) is 77.2. The van der Waals surface area contributed by atoms with Crippen LogP contribution < -0.4 is 42.4 Å². The fourth-order valence-electron chi connectivity index (χ4n) is 15.3. The second kappa shape index (κ2) is 31.8. The average molecular weight is 1500 g/mol. The molecule has 9 N–H and O–H groups in total. The van der Waals surface area contributed by atoms with Crippen molar-refractivity contribution in [2.45, 2.75) is 99.8 Å². The number of guanidine groups is 4. The molecule has 8 aromatic rings. The number of aliphatic hydroxyl groups is 1. The second-order valence-electron chi connectivity index (χ2n) is 28.7. The minimum Gasteiger partial charge on any atom is -0.406 e. The van der Waals surface area contributed by atoms with Crippen molar-refractivity contribution < 1.29 is 42.2 Å². The third kappa shape index (κ3) is 16.7. The van der Waals surface area contributed by atoms with Crippen molar-refractivity contribution in [1.29, 1.82) is 15.8 Å². The maximum absolute atomic E-state index is 13.7. The number of amides is 4. The molecule has 4 unspecified atom stereocenters. The molecular formula is C83H84F3N17O6S. The molecule has 7 heterocycles. The van der Waals surface area contributed by atoms with Crippen LogP contribution >= 0.6 is 11.3 Å². The first-order chi connectivity index (χ1) is 52.5. The molecule has 15 rings (SSSR count). The summed E-state index contributed by atoms with van der Waals surface area (Å²) in [5.74, 6) is -0.375. The molecule has 3 saturated heterocycles. The largest absolute Gasteiger partial charge is 0.573 e. The van der Waals surface area contributed by atoms with E-state index in [1.165, 1.54) is 55.4 Å². The standard InChI is InChI=1S/C27H27N5O2S.C21H20N4O.C18H16F3N3O2.C17H21N5O/c1-26(22-14-20(16-35-22)19-8-6-7-18(13-19)15-28)23(24(33)31(2)25(29)30-26)27(34)11-12-32(17-27)21-9-4-3-5-10-21;1-23-20-24-19(26)12-21(25-20)9-3-6-15-7-8-17(11-18(15)21)16-5-2-4-14(10-16)13-22;1-24-16(25)10-15(23-17(24)22)13-6-2-4-11(8-13)12-5-3-7-14(9-12)26-18(19,20)21;1-17(9-15(23)21(2)16(19)20-17)13-4-3-5-14(8-13)22-7-6-12(10-18)11-22/h3-10,13-14,16,23,34H,11-12,17H2,1-2H3,(H2,29,30);2,4-5,7-8,10-11H,3,6,9,12H2,1H3,(H2,23,24,25,26);2-9,15H,10H2,1H3,(H2,22,23);3-5,8,12H,6-7,9,11H2,1-2H3,(H2,19,20)/t23?,26-,27?;21-;;12?,17-/m10.0/s1. The van der Waals surface area contributed by atoms with Crippen LogP contribution in [0.4, 0.5) is 24.5 Å². The van der Waals surface area contributed by atoms with E-state index in [0.29, 0.717) is 60.6 Å². The van der Waals surface area contributed by atoms with Crippen LogP contribution in [0.3, 0.4) is 0 Å². The minimum atomic E-state index is -4.75. The molecule has 7 atom stereocenters. The van der Waals surface area contributed by atoms with E-state index in [2.05, 4.69) is 82.6 Å². The van der Waals surface area contributed by atoms with Crippen molar-refractivity contribution in [2.24, 2.45) is 49.0 Å². The maximum Gasteiger partial charge on any atom is 0.573 e. The number of nitrogens with one attached hydrogen (secondary N) is 2. The number of benzene rings is 7. The predicted octanol–water partition coefficient (Wildman–Crippen LogP) is 11.3. The van der Waals surface area contributed by atoms with Gasteiger partial charge >= 0.3 is 6.36 Å². The van der Waals surface area contributed by atoms with Gasteiger partial charge in [-0.15, -0.1) is 24.5 Å². The van der Waals surface area contributed by atoms with Gasteiger partial charge in [0.25, 0.3) is 0 Å². The number of aliphatic imine (C=N–C) groups is 4. The lowest BCUT2D eigenvalue weighted by molar-refractivity contribution is -0.274. The lowest BCUT2D eigenvalue weighted by atomic mass is 9.71. The molecular weight excluding hydrogens is 1420 g/mol. The molecule has 0 radical (unpaired) electrons. The number of fused-ring (bicyclic) bond motifs is 2. The number of nitrogens with zero attached hydrogens (tertiary/aromatic N) is 12. The van der Waals surface area contributed by atoms with Gasteiger partial charge in [0.05, 0.1) is 83.2 Å². The summed E-state index contributed by atoms with van der Waals surface area (Å²) in [4.78, 5) is 77.1. The highest BCUT2D eigenvalue weighted by molar-refractivity contribution is 7.10. The molecule has 0 bridgehead atoms. The highest BCUT2D eigenvalue weighted by Crippen LogP contribution is 2.50. The number of ether oxygens (including phenoxy) is 1. The SMILES string of the molecule is CN1C(=O)C(C2(O)CCN(c3ccccc3)C2)[C@@](C)(c2cc(-c3cccc(C#N)c3)cs2)N=C1N.CN1C(=O)CC(c2cccc(-c3cccc(OC(F)(F)F)c3)c2)N=C1N.CN1C(=O)C[C@@](C)(c2cccc(N3CCC(C#N)C3)c2)N=C1N.CN=C1NC(=O)C[C@]2(CCCc3ccc(-c4cccc(C#N)c4)cc32)N1. The number of nitriles is 3. The summed E-state index contributed by atoms with van der Waals surface area (Å²) in [5, 5.41) is 47.8. The molecule has 1 aliphatic carbocycles. The molecule has 1 spiro atoms. The van der Waals surface area contributed by atoms with Crippen LogP contribution in [0.5, 0.6) is 5.75 Å². The van der Waals surface area contributed by atoms with Gasteiger partial charge in [-0.2, -0.15) is 15.8 Å². The molecule has 110 heavy (non-hydrogen) atoms. The zero-order chi connectivity index (χ0) is 78.5. The van der Waals surface area contributed by atoms with Gasteiger partial charge in [-0.3, -0.25) is 44.2 Å². The van der Waals surface area contributed by atoms with Crippen LogP contribution in [0.1, 0.15) is 103 Å². The molecule has 27 heteroatoms. The zero-order valence-corrected chi connectivity index (χ0v) is 62.5. The predicted molar refractivity (Wildman–Crippen MR) is 417 cm³/mol. The summed E-state index contributed by atoms with van der Waals surface area (Å²) in [7, 11) is 6.48. The number of nitrogens with two attached hydrogens (primary N) is 3. The van der Waals surface area contributed by atoms with Crippen LogP contribution in [-0.2, 0) is 42.2 Å². The summed E-state index contributed by atoms with van der Waals surface area (Å²) in [6, 6.07) is 60.5. The van der Waals surface area contributed by atoms with Gasteiger partial charge in [-0.1, -0.05) is 97.1 Å². The molecule has 4 amide bonds. The average Bonchev–Trinajstić information content (AvgIpc) is 1.43. The first-order valence-electron chi connectivity index (χ1n) is 35.9. The lowest BCUT2D eigenvalue weighted by Gasteiger charge is -2.46. The molecule has 564 valence electrons. The Kier molecular flexibility index (Phi) is 22.3. The first-order valence-corrected chi connectivity index (χ1v) is 36.8. The number of anilines is 2. The Labute approximate surface area is 640 Å². The number of aryl methyl sites for hydroxylation is 1. The number of alkyl halides is 3. The number of rotatable bonds is 10. The zero-order valence-electron chi connectivity index (χ0n) is 61.7. The van der Waals surface area contributed by atoms with Crippen LogP contribution in [0.15, 0.2) is 201 Å². The van der Waals surface area contributed by atoms with Gasteiger partial charge in [-0.25, -0.2) is 15.0 Å².